The molecule has 16 heavy (non-hydrogen) atoms. The lowest BCUT2D eigenvalue weighted by molar-refractivity contribution is -0.114. The molecule has 1 atom stereocenters. The Bertz CT molecular complexity index is 460. The fourth-order valence-corrected chi connectivity index (χ4v) is 2.25. The summed E-state index contributed by atoms with van der Waals surface area (Å²) in [4.78, 5) is 11.4. The van der Waals surface area contributed by atoms with Crippen molar-refractivity contribution in [2.24, 2.45) is 0 Å². The van der Waals surface area contributed by atoms with Crippen LogP contribution in [-0.4, -0.2) is 12.6 Å². The van der Waals surface area contributed by atoms with Gasteiger partial charge >= 0.3 is 0 Å². The maximum Gasteiger partial charge on any atom is 0.231 e. The second-order valence-corrected chi connectivity index (χ2v) is 4.24. The molecule has 0 aromatic heterocycles. The predicted molar refractivity (Wildman–Crippen MR) is 58.7 cm³/mol. The zero-order valence-corrected chi connectivity index (χ0v) is 8.86. The maximum atomic E-state index is 11.4. The number of allylic oxidation sites excluding steroid dienone is 1. The van der Waals surface area contributed by atoms with Crippen LogP contribution in [0.1, 0.15) is 24.3 Å². The van der Waals surface area contributed by atoms with Gasteiger partial charge in [0.05, 0.1) is 0 Å². The summed E-state index contributed by atoms with van der Waals surface area (Å²) in [5, 5.41) is 0. The van der Waals surface area contributed by atoms with E-state index >= 15 is 0 Å². The number of ether oxygens (including phenoxy) is 2. The molecule has 0 N–H and O–H groups in total. The van der Waals surface area contributed by atoms with Crippen molar-refractivity contribution in [3.63, 3.8) is 0 Å². The van der Waals surface area contributed by atoms with Crippen LogP contribution in [0.5, 0.6) is 11.5 Å². The molecular formula is C13H12O3. The molecular weight excluding hydrogens is 204 g/mol. The molecule has 1 heterocycles. The Labute approximate surface area is 93.7 Å². The highest BCUT2D eigenvalue weighted by atomic mass is 16.7. The third-order valence-electron chi connectivity index (χ3n) is 3.19. The average Bonchev–Trinajstić information content (AvgIpc) is 2.85. The molecule has 1 unspecified atom stereocenters. The molecule has 3 rings (SSSR count). The number of rotatable bonds is 1. The number of Topliss-reactive ketones (excluding diaryl/α,β-unsaturated/α-hetero) is 1. The Balaban J connectivity index is 1.91. The van der Waals surface area contributed by atoms with E-state index < -0.39 is 0 Å². The number of hydrogen-bond donors (Lipinski definition) is 0. The molecule has 3 nitrogen and oxygen atoms in total. The Hall–Kier alpha value is -1.77. The predicted octanol–water partition coefficient (Wildman–Crippen LogP) is 2.42. The van der Waals surface area contributed by atoms with E-state index in [0.717, 1.165) is 29.1 Å². The number of benzene rings is 1. The van der Waals surface area contributed by atoms with Crippen LogP contribution in [0.2, 0.25) is 0 Å². The van der Waals surface area contributed by atoms with E-state index in [1.165, 1.54) is 0 Å². The largest absolute Gasteiger partial charge is 0.454 e. The molecule has 0 radical (unpaired) electrons. The summed E-state index contributed by atoms with van der Waals surface area (Å²) in [6, 6.07) is 5.88. The van der Waals surface area contributed by atoms with Gasteiger partial charge < -0.3 is 9.47 Å². The summed E-state index contributed by atoms with van der Waals surface area (Å²) in [5.41, 5.74) is 1.87. The van der Waals surface area contributed by atoms with Gasteiger partial charge in [-0.15, -0.1) is 0 Å². The summed E-state index contributed by atoms with van der Waals surface area (Å²) in [6.45, 7) is 4.06. The summed E-state index contributed by atoms with van der Waals surface area (Å²) in [7, 11) is 0. The molecule has 0 saturated heterocycles. The minimum absolute atomic E-state index is 0.183. The van der Waals surface area contributed by atoms with E-state index in [1.807, 2.05) is 18.2 Å². The molecule has 0 spiro atoms. The first-order valence-electron chi connectivity index (χ1n) is 5.34. The number of hydrogen-bond acceptors (Lipinski definition) is 3. The van der Waals surface area contributed by atoms with E-state index in [4.69, 9.17) is 9.47 Å². The van der Waals surface area contributed by atoms with Crippen LogP contribution < -0.4 is 9.47 Å². The monoisotopic (exact) mass is 216 g/mol. The van der Waals surface area contributed by atoms with Gasteiger partial charge in [-0.3, -0.25) is 4.79 Å². The van der Waals surface area contributed by atoms with Crippen molar-refractivity contribution in [2.45, 2.75) is 18.8 Å². The fraction of sp³-hybridized carbons (Fsp3) is 0.308. The molecule has 3 heteroatoms. The van der Waals surface area contributed by atoms with Crippen LogP contribution in [0, 0.1) is 0 Å². The normalized spacial score (nSPS) is 22.9. The number of carbonyl (C=O) groups excluding carboxylic acids is 1. The number of fused-ring (bicyclic) bond motifs is 1. The summed E-state index contributed by atoms with van der Waals surface area (Å²) in [5.74, 6) is 2.01. The van der Waals surface area contributed by atoms with Gasteiger partial charge in [-0.25, -0.2) is 0 Å². The quantitative estimate of drug-likeness (QED) is 0.676. The van der Waals surface area contributed by atoms with Gasteiger partial charge in [0, 0.05) is 6.42 Å². The van der Waals surface area contributed by atoms with Crippen molar-refractivity contribution in [2.75, 3.05) is 6.79 Å². The standard InChI is InChI=1S/C13H12O3/c1-8-4-10(5-11(8)14)9-2-3-12-13(6-9)16-7-15-12/h2-3,6,10H,1,4-5,7H2. The van der Waals surface area contributed by atoms with Gasteiger partial charge in [0.25, 0.3) is 0 Å². The van der Waals surface area contributed by atoms with Gasteiger partial charge in [0.1, 0.15) is 0 Å². The Morgan fingerprint density at radius 2 is 2.00 bits per heavy atom. The molecule has 1 aliphatic carbocycles. The highest BCUT2D eigenvalue weighted by molar-refractivity contribution is 5.97. The second-order valence-electron chi connectivity index (χ2n) is 4.24. The second kappa shape index (κ2) is 3.37. The first-order valence-corrected chi connectivity index (χ1v) is 5.34. The lowest BCUT2D eigenvalue weighted by atomic mass is 9.97. The van der Waals surface area contributed by atoms with Gasteiger partial charge in [0.15, 0.2) is 17.3 Å². The SMILES string of the molecule is C=C1CC(c2ccc3c(c2)OCO3)CC1=O. The number of ketones is 1. The molecule has 2 aliphatic rings. The molecule has 0 amide bonds. The molecule has 82 valence electrons. The van der Waals surface area contributed by atoms with Crippen molar-refractivity contribution in [3.8, 4) is 11.5 Å². The Morgan fingerprint density at radius 3 is 2.75 bits per heavy atom. The molecule has 0 bridgehead atoms. The topological polar surface area (TPSA) is 35.5 Å². The maximum absolute atomic E-state index is 11.4. The van der Waals surface area contributed by atoms with Crippen LogP contribution in [0.3, 0.4) is 0 Å². The third-order valence-corrected chi connectivity index (χ3v) is 3.19. The zero-order valence-electron chi connectivity index (χ0n) is 8.86. The van der Waals surface area contributed by atoms with Crippen molar-refractivity contribution in [1.29, 1.82) is 0 Å². The van der Waals surface area contributed by atoms with E-state index in [2.05, 4.69) is 6.58 Å². The van der Waals surface area contributed by atoms with Crippen LogP contribution in [0.15, 0.2) is 30.4 Å². The minimum Gasteiger partial charge on any atom is -0.454 e. The van der Waals surface area contributed by atoms with Crippen molar-refractivity contribution < 1.29 is 14.3 Å². The zero-order chi connectivity index (χ0) is 11.1. The van der Waals surface area contributed by atoms with Gasteiger partial charge in [0.2, 0.25) is 6.79 Å². The highest BCUT2D eigenvalue weighted by Gasteiger charge is 2.28. The first kappa shape index (κ1) is 9.46. The molecule has 1 saturated carbocycles. The van der Waals surface area contributed by atoms with E-state index in [0.29, 0.717) is 6.42 Å². The van der Waals surface area contributed by atoms with Crippen LogP contribution in [-0.2, 0) is 4.79 Å². The van der Waals surface area contributed by atoms with Gasteiger partial charge in [-0.05, 0) is 35.6 Å². The average molecular weight is 216 g/mol. The summed E-state index contributed by atoms with van der Waals surface area (Å²) >= 11 is 0. The lowest BCUT2D eigenvalue weighted by Crippen LogP contribution is -1.94. The van der Waals surface area contributed by atoms with Crippen LogP contribution in [0.25, 0.3) is 0 Å². The van der Waals surface area contributed by atoms with Crippen LogP contribution in [0.4, 0.5) is 0 Å². The van der Waals surface area contributed by atoms with Crippen molar-refractivity contribution >= 4 is 5.78 Å². The smallest absolute Gasteiger partial charge is 0.231 e. The number of carbonyl (C=O) groups is 1. The molecule has 1 fully saturated rings. The van der Waals surface area contributed by atoms with Gasteiger partial charge in [-0.1, -0.05) is 12.6 Å². The highest BCUT2D eigenvalue weighted by Crippen LogP contribution is 2.40. The fourth-order valence-electron chi connectivity index (χ4n) is 2.25. The minimum atomic E-state index is 0.183. The molecule has 1 aliphatic heterocycles. The molecule has 1 aromatic rings. The third kappa shape index (κ3) is 1.40. The van der Waals surface area contributed by atoms with Crippen molar-refractivity contribution in [1.82, 2.24) is 0 Å². The lowest BCUT2D eigenvalue weighted by Gasteiger charge is -2.08. The van der Waals surface area contributed by atoms with E-state index in [-0.39, 0.29) is 18.5 Å². The van der Waals surface area contributed by atoms with E-state index in [1.54, 1.807) is 0 Å². The van der Waals surface area contributed by atoms with E-state index in [9.17, 15) is 4.79 Å². The Morgan fingerprint density at radius 1 is 1.19 bits per heavy atom. The summed E-state index contributed by atoms with van der Waals surface area (Å²) < 4.78 is 10.6. The van der Waals surface area contributed by atoms with Crippen molar-refractivity contribution in [3.05, 3.63) is 35.9 Å². The first-order chi connectivity index (χ1) is 7.74. The summed E-state index contributed by atoms with van der Waals surface area (Å²) in [6.07, 6.45) is 1.33. The Kier molecular flexibility index (Phi) is 1.99. The van der Waals surface area contributed by atoms with Gasteiger partial charge in [-0.2, -0.15) is 0 Å². The molecule has 1 aromatic carbocycles. The van der Waals surface area contributed by atoms with Crippen LogP contribution >= 0.6 is 0 Å².